The number of ether oxygens (including phenoxy) is 1. The highest BCUT2D eigenvalue weighted by molar-refractivity contribution is 5.96. The maximum atomic E-state index is 11.9. The van der Waals surface area contributed by atoms with Crippen molar-refractivity contribution in [1.29, 1.82) is 5.26 Å². The van der Waals surface area contributed by atoms with Gasteiger partial charge in [-0.2, -0.15) is 5.26 Å². The number of urea groups is 1. The highest BCUT2D eigenvalue weighted by Crippen LogP contribution is 2.37. The minimum Gasteiger partial charge on any atom is -0.494 e. The van der Waals surface area contributed by atoms with Crippen LogP contribution in [0, 0.1) is 11.3 Å². The Morgan fingerprint density at radius 1 is 1.17 bits per heavy atom. The van der Waals surface area contributed by atoms with E-state index in [0.717, 1.165) is 34.3 Å². The average Bonchev–Trinajstić information content (AvgIpc) is 3.07. The third-order valence-corrected chi connectivity index (χ3v) is 4.87. The van der Waals surface area contributed by atoms with Crippen LogP contribution in [0.15, 0.2) is 42.5 Å². The zero-order chi connectivity index (χ0) is 21.7. The van der Waals surface area contributed by atoms with E-state index in [1.54, 1.807) is 0 Å². The lowest BCUT2D eigenvalue weighted by molar-refractivity contribution is 0.252. The van der Waals surface area contributed by atoms with Crippen LogP contribution < -0.4 is 15.4 Å². The van der Waals surface area contributed by atoms with Gasteiger partial charge in [0.05, 0.1) is 23.4 Å². The van der Waals surface area contributed by atoms with Crippen molar-refractivity contribution in [3.8, 4) is 23.1 Å². The molecule has 0 aliphatic carbocycles. The molecule has 3 aromatic rings. The molecule has 0 fully saturated rings. The Kier molecular flexibility index (Phi) is 6.63. The Balaban J connectivity index is 2.05. The molecule has 0 bridgehead atoms. The van der Waals surface area contributed by atoms with Gasteiger partial charge in [0, 0.05) is 23.7 Å². The lowest BCUT2D eigenvalue weighted by atomic mass is 10.1. The largest absolute Gasteiger partial charge is 0.494 e. The molecule has 0 atom stereocenters. The third kappa shape index (κ3) is 4.25. The van der Waals surface area contributed by atoms with Crippen LogP contribution in [0.1, 0.15) is 45.7 Å². The number of nitrogens with one attached hydrogen (secondary N) is 2. The van der Waals surface area contributed by atoms with Gasteiger partial charge in [-0.05, 0) is 63.1 Å². The lowest BCUT2D eigenvalue weighted by Crippen LogP contribution is -2.29. The van der Waals surface area contributed by atoms with Gasteiger partial charge in [-0.25, -0.2) is 4.79 Å². The molecule has 0 spiro atoms. The molecule has 0 unspecified atom stereocenters. The van der Waals surface area contributed by atoms with Crippen molar-refractivity contribution in [2.24, 2.45) is 0 Å². The Labute approximate surface area is 177 Å². The van der Waals surface area contributed by atoms with Gasteiger partial charge in [0.2, 0.25) is 0 Å². The number of amides is 2. The van der Waals surface area contributed by atoms with Crippen molar-refractivity contribution < 1.29 is 9.53 Å². The first kappa shape index (κ1) is 21.3. The molecule has 30 heavy (non-hydrogen) atoms. The molecule has 2 amide bonds. The fraction of sp³-hybridized carbons (Fsp3) is 0.333. The summed E-state index contributed by atoms with van der Waals surface area (Å²) in [4.78, 5) is 11.9. The molecular weight excluding hydrogens is 376 g/mol. The van der Waals surface area contributed by atoms with Crippen molar-refractivity contribution >= 4 is 22.6 Å². The van der Waals surface area contributed by atoms with Crippen molar-refractivity contribution in [1.82, 2.24) is 9.88 Å². The summed E-state index contributed by atoms with van der Waals surface area (Å²) in [6, 6.07) is 15.8. The van der Waals surface area contributed by atoms with Crippen LogP contribution >= 0.6 is 0 Å². The maximum absolute atomic E-state index is 11.9. The van der Waals surface area contributed by atoms with Crippen LogP contribution in [0.5, 0.6) is 5.75 Å². The summed E-state index contributed by atoms with van der Waals surface area (Å²) in [5, 5.41) is 16.5. The Morgan fingerprint density at radius 3 is 2.50 bits per heavy atom. The minimum absolute atomic E-state index is 0.167. The molecule has 0 saturated heterocycles. The Bertz CT molecular complexity index is 1080. The smallest absolute Gasteiger partial charge is 0.319 e. The van der Waals surface area contributed by atoms with Crippen molar-refractivity contribution in [3.05, 3.63) is 48.0 Å². The molecular formula is C24H28N4O2. The van der Waals surface area contributed by atoms with Crippen LogP contribution in [-0.4, -0.2) is 23.7 Å². The van der Waals surface area contributed by atoms with E-state index in [1.807, 2.05) is 56.3 Å². The van der Waals surface area contributed by atoms with E-state index in [4.69, 9.17) is 4.74 Å². The van der Waals surface area contributed by atoms with Gasteiger partial charge in [0.15, 0.2) is 0 Å². The number of carbonyl (C=O) groups excluding carboxylic acids is 1. The molecule has 0 radical (unpaired) electrons. The summed E-state index contributed by atoms with van der Waals surface area (Å²) in [5.74, 6) is 0.756. The van der Waals surface area contributed by atoms with Crippen LogP contribution in [0.2, 0.25) is 0 Å². The fourth-order valence-corrected chi connectivity index (χ4v) is 3.61. The second kappa shape index (κ2) is 9.36. The lowest BCUT2D eigenvalue weighted by Gasteiger charge is -2.16. The number of fused-ring (bicyclic) bond motifs is 1. The van der Waals surface area contributed by atoms with E-state index in [2.05, 4.69) is 35.1 Å². The van der Waals surface area contributed by atoms with Gasteiger partial charge >= 0.3 is 6.03 Å². The first-order chi connectivity index (χ1) is 14.5. The van der Waals surface area contributed by atoms with E-state index in [9.17, 15) is 10.1 Å². The first-order valence-electron chi connectivity index (χ1n) is 10.4. The highest BCUT2D eigenvalue weighted by Gasteiger charge is 2.21. The molecule has 1 aromatic heterocycles. The van der Waals surface area contributed by atoms with Crippen LogP contribution in [0.4, 0.5) is 10.5 Å². The topological polar surface area (TPSA) is 79.1 Å². The fourth-order valence-electron chi connectivity index (χ4n) is 3.61. The molecule has 6 heteroatoms. The van der Waals surface area contributed by atoms with Crippen LogP contribution in [0.25, 0.3) is 22.2 Å². The van der Waals surface area contributed by atoms with Gasteiger partial charge in [-0.3, -0.25) is 0 Å². The summed E-state index contributed by atoms with van der Waals surface area (Å²) in [6.45, 7) is 9.37. The molecule has 1 heterocycles. The van der Waals surface area contributed by atoms with Gasteiger partial charge in [-0.15, -0.1) is 0 Å². The zero-order valence-electron chi connectivity index (χ0n) is 18.0. The second-order valence-electron chi connectivity index (χ2n) is 7.37. The number of aromatic nitrogens is 1. The van der Waals surface area contributed by atoms with E-state index in [-0.39, 0.29) is 12.1 Å². The number of benzene rings is 2. The number of rotatable bonds is 7. The summed E-state index contributed by atoms with van der Waals surface area (Å²) < 4.78 is 7.83. The van der Waals surface area contributed by atoms with Gasteiger partial charge in [0.1, 0.15) is 11.8 Å². The molecule has 0 saturated carbocycles. The molecule has 0 aliphatic rings. The van der Waals surface area contributed by atoms with E-state index in [1.165, 1.54) is 0 Å². The summed E-state index contributed by atoms with van der Waals surface area (Å²) in [5.41, 5.74) is 4.13. The minimum atomic E-state index is -0.220. The van der Waals surface area contributed by atoms with Crippen molar-refractivity contribution in [2.45, 2.75) is 40.2 Å². The SMILES string of the molecule is CCCNC(=O)Nc1ccc(-c2c(C#N)c3cc(OCC)ccc3n2C(C)C)cc1. The van der Waals surface area contributed by atoms with Gasteiger partial charge in [-0.1, -0.05) is 19.1 Å². The quantitative estimate of drug-likeness (QED) is 0.531. The first-order valence-corrected chi connectivity index (χ1v) is 10.4. The molecule has 2 N–H and O–H groups in total. The Hall–Kier alpha value is -3.46. The predicted molar refractivity (Wildman–Crippen MR) is 121 cm³/mol. The van der Waals surface area contributed by atoms with E-state index in [0.29, 0.717) is 24.4 Å². The third-order valence-electron chi connectivity index (χ3n) is 4.87. The van der Waals surface area contributed by atoms with E-state index < -0.39 is 0 Å². The monoisotopic (exact) mass is 404 g/mol. The number of carbonyl (C=O) groups is 1. The average molecular weight is 405 g/mol. The number of hydrogen-bond donors (Lipinski definition) is 2. The second-order valence-corrected chi connectivity index (χ2v) is 7.37. The summed E-state index contributed by atoms with van der Waals surface area (Å²) in [6.07, 6.45) is 0.883. The zero-order valence-corrected chi connectivity index (χ0v) is 18.0. The predicted octanol–water partition coefficient (Wildman–Crippen LogP) is 5.69. The molecule has 3 rings (SSSR count). The van der Waals surface area contributed by atoms with Crippen molar-refractivity contribution in [2.75, 3.05) is 18.5 Å². The summed E-state index contributed by atoms with van der Waals surface area (Å²) >= 11 is 0. The van der Waals surface area contributed by atoms with Crippen LogP contribution in [-0.2, 0) is 0 Å². The van der Waals surface area contributed by atoms with E-state index >= 15 is 0 Å². The van der Waals surface area contributed by atoms with Crippen LogP contribution in [0.3, 0.4) is 0 Å². The highest BCUT2D eigenvalue weighted by atomic mass is 16.5. The normalized spacial score (nSPS) is 10.8. The van der Waals surface area contributed by atoms with Crippen molar-refractivity contribution in [3.63, 3.8) is 0 Å². The molecule has 156 valence electrons. The number of hydrogen-bond acceptors (Lipinski definition) is 3. The molecule has 6 nitrogen and oxygen atoms in total. The number of nitrogens with zero attached hydrogens (tertiary/aromatic N) is 2. The Morgan fingerprint density at radius 2 is 1.90 bits per heavy atom. The maximum Gasteiger partial charge on any atom is 0.319 e. The standard InChI is InChI=1S/C24H28N4O2/c1-5-13-26-24(29)27-18-9-7-17(8-10-18)23-21(15-25)20-14-19(30-6-2)11-12-22(20)28(23)16(3)4/h7-12,14,16H,5-6,13H2,1-4H3,(H2,26,27,29). The number of anilines is 1. The van der Waals surface area contributed by atoms with Gasteiger partial charge < -0.3 is 19.9 Å². The molecule has 0 aliphatic heterocycles. The summed E-state index contributed by atoms with van der Waals surface area (Å²) in [7, 11) is 0. The number of nitriles is 1. The van der Waals surface area contributed by atoms with Gasteiger partial charge in [0.25, 0.3) is 0 Å². The molecule has 2 aromatic carbocycles.